The highest BCUT2D eigenvalue weighted by molar-refractivity contribution is 7.24. The minimum Gasteiger partial charge on any atom is -0.268 e. The van der Waals surface area contributed by atoms with E-state index in [0.29, 0.717) is 15.5 Å². The van der Waals surface area contributed by atoms with Gasteiger partial charge in [0.1, 0.15) is 11.1 Å². The Hall–Kier alpha value is -4.39. The molecule has 0 atom stereocenters. The Morgan fingerprint density at radius 1 is 0.643 bits per heavy atom. The van der Waals surface area contributed by atoms with E-state index in [2.05, 4.69) is 0 Å². The van der Waals surface area contributed by atoms with Crippen molar-refractivity contribution in [2.24, 2.45) is 0 Å². The van der Waals surface area contributed by atoms with Crippen molar-refractivity contribution in [3.05, 3.63) is 68.6 Å². The molecule has 13 heteroatoms. The molecule has 0 bridgehead atoms. The molecule has 8 amide bonds. The Labute approximate surface area is 253 Å². The lowest BCUT2D eigenvalue weighted by Crippen LogP contribution is -2.52. The van der Waals surface area contributed by atoms with E-state index in [4.69, 9.17) is 11.6 Å². The Morgan fingerprint density at radius 2 is 1.17 bits per heavy atom. The molecule has 42 heavy (non-hydrogen) atoms. The van der Waals surface area contributed by atoms with Crippen LogP contribution in [0.2, 0.25) is 5.02 Å². The SMILES string of the molecule is Cc1cc(C=C2C(=O)N(C)C(=O)N(C)C2=O)ccc1-c1cc(Cl)c(-c2ccc(C=C3C(=O)N(C)C(=O)N(C)C3=O)s2)s1. The lowest BCUT2D eigenvalue weighted by molar-refractivity contribution is -0.135. The van der Waals surface area contributed by atoms with Crippen LogP contribution in [0, 0.1) is 6.92 Å². The van der Waals surface area contributed by atoms with Gasteiger partial charge in [-0.1, -0.05) is 29.8 Å². The molecule has 0 unspecified atom stereocenters. The minimum atomic E-state index is -0.681. The van der Waals surface area contributed by atoms with Gasteiger partial charge in [0.05, 0.1) is 9.90 Å². The van der Waals surface area contributed by atoms with Crippen LogP contribution in [-0.4, -0.2) is 83.5 Å². The minimum absolute atomic E-state index is 0.0989. The first-order valence-corrected chi connectivity index (χ1v) is 14.4. The summed E-state index contributed by atoms with van der Waals surface area (Å²) in [4.78, 5) is 81.0. The summed E-state index contributed by atoms with van der Waals surface area (Å²) in [6.07, 6.45) is 2.95. The molecule has 2 aliphatic heterocycles. The van der Waals surface area contributed by atoms with E-state index < -0.39 is 35.7 Å². The number of barbiturate groups is 2. The topological polar surface area (TPSA) is 115 Å². The predicted octanol–water partition coefficient (Wildman–Crippen LogP) is 4.97. The molecule has 2 aliphatic rings. The van der Waals surface area contributed by atoms with Crippen LogP contribution in [0.4, 0.5) is 9.59 Å². The number of halogens is 1. The van der Waals surface area contributed by atoms with Crippen LogP contribution in [0.3, 0.4) is 0 Å². The third-order valence-electron chi connectivity index (χ3n) is 6.94. The molecule has 0 N–H and O–H groups in total. The number of imide groups is 4. The van der Waals surface area contributed by atoms with Crippen LogP contribution >= 0.6 is 34.3 Å². The number of nitrogens with zero attached hydrogens (tertiary/aromatic N) is 4. The van der Waals surface area contributed by atoms with Gasteiger partial charge in [0.2, 0.25) is 0 Å². The highest BCUT2D eigenvalue weighted by Gasteiger charge is 2.39. The Balaban J connectivity index is 1.42. The number of benzene rings is 1. The molecule has 4 heterocycles. The lowest BCUT2D eigenvalue weighted by Gasteiger charge is -2.28. The van der Waals surface area contributed by atoms with Crippen molar-refractivity contribution in [2.75, 3.05) is 28.2 Å². The fraction of sp³-hybridized carbons (Fsp3) is 0.172. The Kier molecular flexibility index (Phi) is 7.48. The number of hydrogen-bond acceptors (Lipinski definition) is 8. The monoisotopic (exact) mass is 622 g/mol. The third-order valence-corrected chi connectivity index (χ3v) is 9.73. The summed E-state index contributed by atoms with van der Waals surface area (Å²) in [5.41, 5.74) is 2.23. The highest BCUT2D eigenvalue weighted by atomic mass is 35.5. The number of likely N-dealkylation sites (N-methyl/N-ethyl adjacent to an activating group) is 4. The summed E-state index contributed by atoms with van der Waals surface area (Å²) in [7, 11) is 5.31. The first-order valence-electron chi connectivity index (χ1n) is 12.4. The number of hydrogen-bond donors (Lipinski definition) is 0. The number of rotatable bonds is 4. The highest BCUT2D eigenvalue weighted by Crippen LogP contribution is 2.44. The van der Waals surface area contributed by atoms with Crippen molar-refractivity contribution in [1.29, 1.82) is 0 Å². The molecule has 0 saturated carbocycles. The maximum absolute atomic E-state index is 12.6. The van der Waals surface area contributed by atoms with Gasteiger partial charge in [0, 0.05) is 42.8 Å². The number of urea groups is 2. The van der Waals surface area contributed by atoms with Gasteiger partial charge in [-0.05, 0) is 54.0 Å². The van der Waals surface area contributed by atoms with Crippen LogP contribution in [0.1, 0.15) is 16.0 Å². The summed E-state index contributed by atoms with van der Waals surface area (Å²) >= 11 is 9.47. The Bertz CT molecular complexity index is 1750. The first-order chi connectivity index (χ1) is 19.8. The zero-order valence-corrected chi connectivity index (χ0v) is 25.4. The van der Waals surface area contributed by atoms with Crippen LogP contribution < -0.4 is 0 Å². The average Bonchev–Trinajstić information content (AvgIpc) is 3.59. The average molecular weight is 623 g/mol. The second kappa shape index (κ2) is 10.8. The summed E-state index contributed by atoms with van der Waals surface area (Å²) in [6, 6.07) is 9.64. The van der Waals surface area contributed by atoms with Crippen molar-refractivity contribution in [3.8, 4) is 20.2 Å². The normalized spacial score (nSPS) is 16.3. The molecule has 5 rings (SSSR count). The van der Waals surface area contributed by atoms with Crippen molar-refractivity contribution >= 4 is 82.1 Å². The molecule has 0 spiro atoms. The van der Waals surface area contributed by atoms with Gasteiger partial charge in [-0.15, -0.1) is 22.7 Å². The molecule has 214 valence electrons. The zero-order valence-electron chi connectivity index (χ0n) is 23.1. The van der Waals surface area contributed by atoms with Crippen LogP contribution in [0.15, 0.2) is 47.5 Å². The van der Waals surface area contributed by atoms with Crippen molar-refractivity contribution in [3.63, 3.8) is 0 Å². The number of amides is 8. The van der Waals surface area contributed by atoms with Gasteiger partial charge in [-0.25, -0.2) is 9.59 Å². The lowest BCUT2D eigenvalue weighted by atomic mass is 10.0. The number of carbonyl (C=O) groups excluding carboxylic acids is 6. The van der Waals surface area contributed by atoms with Gasteiger partial charge in [-0.3, -0.25) is 38.8 Å². The summed E-state index contributed by atoms with van der Waals surface area (Å²) in [5, 5.41) is 0.533. The van der Waals surface area contributed by atoms with Crippen LogP contribution in [0.5, 0.6) is 0 Å². The second-order valence-electron chi connectivity index (χ2n) is 9.70. The molecular formula is C29H23ClN4O6S2. The molecule has 3 aromatic rings. The molecule has 2 aromatic heterocycles. The first kappa shape index (κ1) is 29.1. The molecule has 1 aromatic carbocycles. The van der Waals surface area contributed by atoms with E-state index in [1.165, 1.54) is 63.0 Å². The van der Waals surface area contributed by atoms with Crippen molar-refractivity contribution in [2.45, 2.75) is 6.92 Å². The summed E-state index contributed by atoms with van der Waals surface area (Å²) in [6.45, 7) is 1.91. The quantitative estimate of drug-likeness (QED) is 0.300. The molecule has 2 saturated heterocycles. The van der Waals surface area contributed by atoms with E-state index in [1.807, 2.05) is 31.2 Å². The van der Waals surface area contributed by atoms with Gasteiger partial charge >= 0.3 is 12.1 Å². The maximum atomic E-state index is 12.6. The van der Waals surface area contributed by atoms with Gasteiger partial charge in [0.25, 0.3) is 23.6 Å². The summed E-state index contributed by atoms with van der Waals surface area (Å²) in [5.74, 6) is -2.63. The van der Waals surface area contributed by atoms with E-state index >= 15 is 0 Å². The van der Waals surface area contributed by atoms with Crippen molar-refractivity contribution < 1.29 is 28.8 Å². The largest absolute Gasteiger partial charge is 0.333 e. The molecule has 2 fully saturated rings. The fourth-order valence-electron chi connectivity index (χ4n) is 4.53. The molecule has 0 radical (unpaired) electrons. The van der Waals surface area contributed by atoms with Crippen molar-refractivity contribution in [1.82, 2.24) is 19.6 Å². The van der Waals surface area contributed by atoms with E-state index in [-0.39, 0.29) is 11.1 Å². The van der Waals surface area contributed by atoms with Crippen LogP contribution in [0.25, 0.3) is 32.3 Å². The van der Waals surface area contributed by atoms with E-state index in [1.54, 1.807) is 12.1 Å². The van der Waals surface area contributed by atoms with E-state index in [9.17, 15) is 28.8 Å². The zero-order chi connectivity index (χ0) is 30.6. The van der Waals surface area contributed by atoms with Crippen LogP contribution in [-0.2, 0) is 19.2 Å². The maximum Gasteiger partial charge on any atom is 0.333 e. The number of aryl methyl sites for hydroxylation is 1. The second-order valence-corrected chi connectivity index (χ2v) is 12.3. The smallest absolute Gasteiger partial charge is 0.268 e. The Morgan fingerprint density at radius 3 is 1.69 bits per heavy atom. The van der Waals surface area contributed by atoms with E-state index in [0.717, 1.165) is 45.4 Å². The third kappa shape index (κ3) is 4.87. The predicted molar refractivity (Wildman–Crippen MR) is 161 cm³/mol. The fourth-order valence-corrected chi connectivity index (χ4v) is 7.20. The molecular weight excluding hydrogens is 600 g/mol. The molecule has 0 aliphatic carbocycles. The van der Waals surface area contributed by atoms with Gasteiger partial charge in [-0.2, -0.15) is 0 Å². The standard InChI is InChI=1S/C29H23ClN4O6S2/c1-14-10-15(11-18-24(35)31(2)28(39)32(3)25(18)36)6-8-17(14)22-13-20(30)23(42-22)21-9-7-16(41-21)12-19-26(37)33(4)29(40)34(5)27(19)38/h6-13H,1-5H3. The number of thiophene rings is 2. The van der Waals surface area contributed by atoms with Gasteiger partial charge in [0.15, 0.2) is 0 Å². The number of carbonyl (C=O) groups is 6. The summed E-state index contributed by atoms with van der Waals surface area (Å²) < 4.78 is 0. The molecule has 10 nitrogen and oxygen atoms in total. The van der Waals surface area contributed by atoms with Gasteiger partial charge < -0.3 is 0 Å².